The first-order valence-electron chi connectivity index (χ1n) is 11.5. The largest absolute Gasteiger partial charge is 0.346 e. The molecule has 1 saturated carbocycles. The SMILES string of the molecule is N#Cc1ccc(-c2nc([C@H](Cc3ccccc3)NC(=O)[C@H]3CC[C@H](CN)CC3)[nH]c2Cl)cc1F. The molecular weight excluding hydrogens is 453 g/mol. The minimum atomic E-state index is -0.636. The van der Waals surface area contributed by atoms with Crippen molar-refractivity contribution in [1.82, 2.24) is 15.3 Å². The van der Waals surface area contributed by atoms with Crippen molar-refractivity contribution in [2.75, 3.05) is 6.54 Å². The third kappa shape index (κ3) is 5.46. The van der Waals surface area contributed by atoms with Crippen molar-refractivity contribution in [1.29, 1.82) is 5.26 Å². The summed E-state index contributed by atoms with van der Waals surface area (Å²) in [6.45, 7) is 0.661. The van der Waals surface area contributed by atoms with Crippen LogP contribution in [0.2, 0.25) is 5.15 Å². The molecule has 4 N–H and O–H groups in total. The van der Waals surface area contributed by atoms with Crippen molar-refractivity contribution in [2.24, 2.45) is 17.6 Å². The number of hydrogen-bond donors (Lipinski definition) is 3. The normalized spacial score (nSPS) is 18.8. The summed E-state index contributed by atoms with van der Waals surface area (Å²) in [4.78, 5) is 20.8. The molecule has 3 aromatic rings. The number of nitrogens with zero attached hydrogens (tertiary/aromatic N) is 2. The Hall–Kier alpha value is -3.21. The van der Waals surface area contributed by atoms with E-state index in [1.165, 1.54) is 12.1 Å². The molecule has 0 aliphatic heterocycles. The first-order chi connectivity index (χ1) is 16.5. The van der Waals surface area contributed by atoms with Gasteiger partial charge in [-0.1, -0.05) is 48.0 Å². The van der Waals surface area contributed by atoms with Crippen molar-refractivity contribution < 1.29 is 9.18 Å². The standard InChI is InChI=1S/C26H27ClFN5O/c27-24-23(19-10-11-20(15-30)21(28)13-19)32-25(33-24)22(12-16-4-2-1-3-5-16)31-26(34)18-8-6-17(14-29)7-9-18/h1-5,10-11,13,17-18,22H,6-9,12,14,29H2,(H,31,34)(H,32,33)/t17-,18-,22-/m0/s1. The van der Waals surface area contributed by atoms with Crippen LogP contribution in [0.5, 0.6) is 0 Å². The molecule has 8 heteroatoms. The Labute approximate surface area is 203 Å². The maximum atomic E-state index is 14.2. The molecule has 1 fully saturated rings. The molecule has 1 heterocycles. The van der Waals surface area contributed by atoms with Crippen LogP contribution in [0.15, 0.2) is 48.5 Å². The van der Waals surface area contributed by atoms with Crippen molar-refractivity contribution in [3.05, 3.63) is 76.5 Å². The van der Waals surface area contributed by atoms with E-state index in [-0.39, 0.29) is 22.5 Å². The van der Waals surface area contributed by atoms with E-state index in [9.17, 15) is 9.18 Å². The lowest BCUT2D eigenvalue weighted by atomic mass is 9.81. The zero-order valence-corrected chi connectivity index (χ0v) is 19.5. The number of H-pyrrole nitrogens is 1. The van der Waals surface area contributed by atoms with Gasteiger partial charge in [0.1, 0.15) is 28.6 Å². The molecule has 1 atom stereocenters. The van der Waals surface area contributed by atoms with Crippen LogP contribution in [0.3, 0.4) is 0 Å². The van der Waals surface area contributed by atoms with E-state index in [0.717, 1.165) is 31.2 Å². The van der Waals surface area contributed by atoms with Gasteiger partial charge in [0.05, 0.1) is 11.6 Å². The van der Waals surface area contributed by atoms with Gasteiger partial charge in [-0.05, 0) is 62.3 Å². The molecule has 1 aliphatic rings. The highest BCUT2D eigenvalue weighted by Gasteiger charge is 2.29. The highest BCUT2D eigenvalue weighted by Crippen LogP contribution is 2.31. The van der Waals surface area contributed by atoms with Crippen molar-refractivity contribution in [2.45, 2.75) is 38.1 Å². The van der Waals surface area contributed by atoms with Gasteiger partial charge >= 0.3 is 0 Å². The van der Waals surface area contributed by atoms with Crippen LogP contribution < -0.4 is 11.1 Å². The molecule has 34 heavy (non-hydrogen) atoms. The number of benzene rings is 2. The minimum Gasteiger partial charge on any atom is -0.346 e. The molecule has 1 aromatic heterocycles. The molecule has 0 spiro atoms. The summed E-state index contributed by atoms with van der Waals surface area (Å²) in [5, 5.41) is 12.4. The zero-order chi connectivity index (χ0) is 24.1. The molecule has 0 saturated heterocycles. The molecule has 4 rings (SSSR count). The van der Waals surface area contributed by atoms with Crippen LogP contribution in [0, 0.1) is 29.0 Å². The van der Waals surface area contributed by atoms with Crippen LogP contribution in [0.1, 0.15) is 48.7 Å². The van der Waals surface area contributed by atoms with Gasteiger partial charge in [-0.25, -0.2) is 9.37 Å². The van der Waals surface area contributed by atoms with Crippen molar-refractivity contribution in [3.8, 4) is 17.3 Å². The number of carbonyl (C=O) groups excluding carboxylic acids is 1. The molecular formula is C26H27ClFN5O. The van der Waals surface area contributed by atoms with Crippen LogP contribution in [0.25, 0.3) is 11.3 Å². The van der Waals surface area contributed by atoms with E-state index in [4.69, 9.17) is 22.6 Å². The highest BCUT2D eigenvalue weighted by molar-refractivity contribution is 6.31. The number of hydrogen-bond acceptors (Lipinski definition) is 4. The predicted molar refractivity (Wildman–Crippen MR) is 129 cm³/mol. The van der Waals surface area contributed by atoms with Crippen LogP contribution >= 0.6 is 11.6 Å². The lowest BCUT2D eigenvalue weighted by Gasteiger charge is -2.28. The van der Waals surface area contributed by atoms with Gasteiger partial charge < -0.3 is 16.0 Å². The average molecular weight is 480 g/mol. The number of amides is 1. The van der Waals surface area contributed by atoms with Crippen molar-refractivity contribution >= 4 is 17.5 Å². The summed E-state index contributed by atoms with van der Waals surface area (Å²) in [6, 6.07) is 15.4. The number of carbonyl (C=O) groups is 1. The topological polar surface area (TPSA) is 108 Å². The summed E-state index contributed by atoms with van der Waals surface area (Å²) in [5.74, 6) is 0.289. The first kappa shape index (κ1) is 23.9. The summed E-state index contributed by atoms with van der Waals surface area (Å²) in [6.07, 6.45) is 4.08. The van der Waals surface area contributed by atoms with E-state index in [1.807, 2.05) is 36.4 Å². The quantitative estimate of drug-likeness (QED) is 0.447. The third-order valence-electron chi connectivity index (χ3n) is 6.52. The third-order valence-corrected chi connectivity index (χ3v) is 6.79. The number of nitrogens with two attached hydrogens (primary N) is 1. The maximum Gasteiger partial charge on any atom is 0.223 e. The van der Waals surface area contributed by atoms with E-state index < -0.39 is 11.9 Å². The molecule has 1 amide bonds. The highest BCUT2D eigenvalue weighted by atomic mass is 35.5. The fraction of sp³-hybridized carbons (Fsp3) is 0.346. The van der Waals surface area contributed by atoms with E-state index in [0.29, 0.717) is 36.0 Å². The van der Waals surface area contributed by atoms with Crippen LogP contribution in [0.4, 0.5) is 4.39 Å². The number of aromatic amines is 1. The Balaban J connectivity index is 1.59. The molecule has 6 nitrogen and oxygen atoms in total. The maximum absolute atomic E-state index is 14.2. The molecule has 0 bridgehead atoms. The number of imidazole rings is 1. The Kier molecular flexibility index (Phi) is 7.61. The molecule has 0 radical (unpaired) electrons. The monoisotopic (exact) mass is 479 g/mol. The van der Waals surface area contributed by atoms with E-state index in [2.05, 4.69) is 15.3 Å². The Morgan fingerprint density at radius 2 is 1.97 bits per heavy atom. The Morgan fingerprint density at radius 3 is 2.62 bits per heavy atom. The van der Waals surface area contributed by atoms with E-state index in [1.54, 1.807) is 6.07 Å². The van der Waals surface area contributed by atoms with Crippen molar-refractivity contribution in [3.63, 3.8) is 0 Å². The van der Waals surface area contributed by atoms with Gasteiger partial charge in [-0.3, -0.25) is 4.79 Å². The second kappa shape index (κ2) is 10.8. The predicted octanol–water partition coefficient (Wildman–Crippen LogP) is 4.91. The number of halogens is 2. The first-order valence-corrected chi connectivity index (χ1v) is 11.9. The fourth-order valence-corrected chi connectivity index (χ4v) is 4.74. The minimum absolute atomic E-state index is 0.00473. The Bertz CT molecular complexity index is 1180. The van der Waals surface area contributed by atoms with Gasteiger partial charge in [0, 0.05) is 11.5 Å². The van der Waals surface area contributed by atoms with Gasteiger partial charge in [-0.15, -0.1) is 0 Å². The fourth-order valence-electron chi connectivity index (χ4n) is 4.49. The molecule has 1 aliphatic carbocycles. The smallest absolute Gasteiger partial charge is 0.223 e. The summed E-state index contributed by atoms with van der Waals surface area (Å²) in [7, 11) is 0. The van der Waals surface area contributed by atoms with E-state index >= 15 is 0 Å². The summed E-state index contributed by atoms with van der Waals surface area (Å²) >= 11 is 6.44. The van der Waals surface area contributed by atoms with Gasteiger partial charge in [-0.2, -0.15) is 5.26 Å². The van der Waals surface area contributed by atoms with Gasteiger partial charge in [0.15, 0.2) is 0 Å². The summed E-state index contributed by atoms with van der Waals surface area (Å²) < 4.78 is 14.2. The number of rotatable bonds is 7. The van der Waals surface area contributed by atoms with Crippen LogP contribution in [-0.2, 0) is 11.2 Å². The second-order valence-corrected chi connectivity index (χ2v) is 9.17. The number of nitriles is 1. The molecule has 176 valence electrons. The van der Waals surface area contributed by atoms with Gasteiger partial charge in [0.2, 0.25) is 5.91 Å². The molecule has 0 unspecified atom stereocenters. The Morgan fingerprint density at radius 1 is 1.24 bits per heavy atom. The molecule has 2 aromatic carbocycles. The average Bonchev–Trinajstić information content (AvgIpc) is 3.25. The summed E-state index contributed by atoms with van der Waals surface area (Å²) in [5.41, 5.74) is 7.61. The number of aromatic nitrogens is 2. The van der Waals surface area contributed by atoms with Crippen LogP contribution in [-0.4, -0.2) is 22.4 Å². The van der Waals surface area contributed by atoms with Gasteiger partial charge in [0.25, 0.3) is 0 Å². The lowest BCUT2D eigenvalue weighted by Crippen LogP contribution is -2.37. The second-order valence-electron chi connectivity index (χ2n) is 8.80. The zero-order valence-electron chi connectivity index (χ0n) is 18.7. The lowest BCUT2D eigenvalue weighted by molar-refractivity contribution is -0.127. The number of nitrogens with one attached hydrogen (secondary N) is 2.